The van der Waals surface area contributed by atoms with E-state index in [4.69, 9.17) is 10.2 Å². The standard InChI is InChI=1S/C13H17N3O3S/c1-3-12(14)10-5-4-6-11(7-10)20(17,18)16-13-15-9(2)8-19-13/h4-8,12H,3,14H2,1-2H3,(H,15,16). The Hall–Kier alpha value is -1.86. The molecule has 108 valence electrons. The van der Waals surface area contributed by atoms with Crippen molar-refractivity contribution < 1.29 is 12.8 Å². The lowest BCUT2D eigenvalue weighted by Gasteiger charge is -2.11. The van der Waals surface area contributed by atoms with Gasteiger partial charge in [0.2, 0.25) is 0 Å². The van der Waals surface area contributed by atoms with Crippen molar-refractivity contribution in [3.8, 4) is 0 Å². The maximum absolute atomic E-state index is 12.2. The molecule has 0 radical (unpaired) electrons. The predicted octanol–water partition coefficient (Wildman–Crippen LogP) is 2.19. The van der Waals surface area contributed by atoms with Gasteiger partial charge in [0, 0.05) is 6.04 Å². The Kier molecular flexibility index (Phi) is 4.10. The summed E-state index contributed by atoms with van der Waals surface area (Å²) in [6.45, 7) is 3.65. The molecule has 0 aliphatic heterocycles. The fraction of sp³-hybridized carbons (Fsp3) is 0.308. The molecule has 1 unspecified atom stereocenters. The lowest BCUT2D eigenvalue weighted by atomic mass is 10.1. The molecule has 0 amide bonds. The summed E-state index contributed by atoms with van der Waals surface area (Å²) in [4.78, 5) is 4.05. The van der Waals surface area contributed by atoms with E-state index in [1.165, 1.54) is 12.3 Å². The third-order valence-corrected chi connectivity index (χ3v) is 4.19. The number of aromatic nitrogens is 1. The van der Waals surface area contributed by atoms with Gasteiger partial charge in [-0.1, -0.05) is 19.1 Å². The highest BCUT2D eigenvalue weighted by molar-refractivity contribution is 7.92. The number of rotatable bonds is 5. The van der Waals surface area contributed by atoms with E-state index in [2.05, 4.69) is 9.71 Å². The van der Waals surface area contributed by atoms with Crippen molar-refractivity contribution in [2.75, 3.05) is 4.72 Å². The summed E-state index contributed by atoms with van der Waals surface area (Å²) in [5.41, 5.74) is 7.29. The van der Waals surface area contributed by atoms with Crippen LogP contribution in [0.4, 0.5) is 6.01 Å². The van der Waals surface area contributed by atoms with Crippen LogP contribution in [-0.2, 0) is 10.0 Å². The monoisotopic (exact) mass is 295 g/mol. The number of nitrogens with one attached hydrogen (secondary N) is 1. The smallest absolute Gasteiger partial charge is 0.309 e. The van der Waals surface area contributed by atoms with Gasteiger partial charge in [-0.15, -0.1) is 0 Å². The van der Waals surface area contributed by atoms with Gasteiger partial charge in [-0.3, -0.25) is 0 Å². The number of sulfonamides is 1. The van der Waals surface area contributed by atoms with E-state index in [9.17, 15) is 8.42 Å². The van der Waals surface area contributed by atoms with Crippen LogP contribution in [0.15, 0.2) is 39.8 Å². The van der Waals surface area contributed by atoms with Crippen molar-refractivity contribution in [2.45, 2.75) is 31.2 Å². The Bertz CT molecular complexity index is 694. The Balaban J connectivity index is 2.29. The highest BCUT2D eigenvalue weighted by Gasteiger charge is 2.18. The summed E-state index contributed by atoms with van der Waals surface area (Å²) < 4.78 is 31.7. The first-order valence-electron chi connectivity index (χ1n) is 6.23. The van der Waals surface area contributed by atoms with Crippen LogP contribution in [0, 0.1) is 6.92 Å². The quantitative estimate of drug-likeness (QED) is 0.881. The second-order valence-corrected chi connectivity index (χ2v) is 6.17. The Morgan fingerprint density at radius 3 is 2.80 bits per heavy atom. The van der Waals surface area contributed by atoms with Gasteiger partial charge in [0.15, 0.2) is 0 Å². The summed E-state index contributed by atoms with van der Waals surface area (Å²) >= 11 is 0. The second kappa shape index (κ2) is 5.64. The van der Waals surface area contributed by atoms with Crippen LogP contribution in [0.5, 0.6) is 0 Å². The van der Waals surface area contributed by atoms with Crippen LogP contribution in [0.25, 0.3) is 0 Å². The summed E-state index contributed by atoms with van der Waals surface area (Å²) in [5, 5.41) is 0. The van der Waals surface area contributed by atoms with Crippen molar-refractivity contribution in [1.82, 2.24) is 4.98 Å². The average molecular weight is 295 g/mol. The van der Waals surface area contributed by atoms with Crippen molar-refractivity contribution in [2.24, 2.45) is 5.73 Å². The molecular formula is C13H17N3O3S. The first-order valence-corrected chi connectivity index (χ1v) is 7.71. The van der Waals surface area contributed by atoms with Gasteiger partial charge >= 0.3 is 6.01 Å². The molecule has 0 fully saturated rings. The van der Waals surface area contributed by atoms with Crippen LogP contribution < -0.4 is 10.5 Å². The third kappa shape index (κ3) is 3.17. The molecule has 0 aliphatic rings. The number of anilines is 1. The SMILES string of the molecule is CCC(N)c1cccc(S(=O)(=O)Nc2nc(C)co2)c1. The molecule has 6 nitrogen and oxygen atoms in total. The Labute approximate surface area is 118 Å². The molecule has 0 bridgehead atoms. The molecule has 2 rings (SSSR count). The molecule has 2 aromatic rings. The molecule has 1 aromatic carbocycles. The van der Waals surface area contributed by atoms with E-state index >= 15 is 0 Å². The molecule has 20 heavy (non-hydrogen) atoms. The molecular weight excluding hydrogens is 278 g/mol. The van der Waals surface area contributed by atoms with Crippen molar-refractivity contribution in [3.05, 3.63) is 41.8 Å². The number of benzene rings is 1. The molecule has 3 N–H and O–H groups in total. The number of hydrogen-bond acceptors (Lipinski definition) is 5. The molecule has 0 saturated carbocycles. The molecule has 1 atom stereocenters. The third-order valence-electron chi connectivity index (χ3n) is 2.88. The van der Waals surface area contributed by atoms with Crippen molar-refractivity contribution in [1.29, 1.82) is 0 Å². The van der Waals surface area contributed by atoms with Gasteiger partial charge < -0.3 is 10.2 Å². The van der Waals surface area contributed by atoms with Crippen LogP contribution in [0.1, 0.15) is 30.6 Å². The first kappa shape index (κ1) is 14.5. The molecule has 0 aliphatic carbocycles. The lowest BCUT2D eigenvalue weighted by Crippen LogP contribution is -2.15. The number of oxazole rings is 1. The molecule has 1 heterocycles. The minimum atomic E-state index is -3.73. The van der Waals surface area contributed by atoms with E-state index in [0.717, 1.165) is 12.0 Å². The first-order chi connectivity index (χ1) is 9.42. The van der Waals surface area contributed by atoms with Crippen LogP contribution in [-0.4, -0.2) is 13.4 Å². The lowest BCUT2D eigenvalue weighted by molar-refractivity contribution is 0.569. The van der Waals surface area contributed by atoms with Gasteiger partial charge in [-0.05, 0) is 31.0 Å². The summed E-state index contributed by atoms with van der Waals surface area (Å²) in [5.74, 6) is 0. The van der Waals surface area contributed by atoms with Crippen LogP contribution in [0.2, 0.25) is 0 Å². The van der Waals surface area contributed by atoms with Crippen molar-refractivity contribution in [3.63, 3.8) is 0 Å². The molecule has 1 aromatic heterocycles. The van der Waals surface area contributed by atoms with E-state index in [1.807, 2.05) is 13.0 Å². The summed E-state index contributed by atoms with van der Waals surface area (Å²) in [6, 6.07) is 6.31. The number of nitrogens with two attached hydrogens (primary N) is 1. The van der Waals surface area contributed by atoms with E-state index < -0.39 is 10.0 Å². The average Bonchev–Trinajstić information content (AvgIpc) is 2.82. The van der Waals surface area contributed by atoms with Gasteiger partial charge in [-0.2, -0.15) is 4.98 Å². The fourth-order valence-electron chi connectivity index (χ4n) is 1.72. The van der Waals surface area contributed by atoms with Gasteiger partial charge in [-0.25, -0.2) is 13.1 Å². The molecule has 0 spiro atoms. The fourth-order valence-corrected chi connectivity index (χ4v) is 2.71. The molecule has 7 heteroatoms. The zero-order valence-corrected chi connectivity index (χ0v) is 12.1. The summed E-state index contributed by atoms with van der Waals surface area (Å²) in [7, 11) is -3.73. The maximum Gasteiger partial charge on any atom is 0.309 e. The highest BCUT2D eigenvalue weighted by Crippen LogP contribution is 2.20. The minimum Gasteiger partial charge on any atom is -0.431 e. The van der Waals surface area contributed by atoms with Gasteiger partial charge in [0.05, 0.1) is 10.6 Å². The van der Waals surface area contributed by atoms with E-state index in [0.29, 0.717) is 5.69 Å². The van der Waals surface area contributed by atoms with Crippen LogP contribution in [0.3, 0.4) is 0 Å². The number of nitrogens with zero attached hydrogens (tertiary/aromatic N) is 1. The maximum atomic E-state index is 12.2. The normalized spacial score (nSPS) is 13.2. The van der Waals surface area contributed by atoms with E-state index in [1.54, 1.807) is 19.1 Å². The zero-order valence-electron chi connectivity index (χ0n) is 11.3. The van der Waals surface area contributed by atoms with Crippen LogP contribution >= 0.6 is 0 Å². The number of aryl methyl sites for hydroxylation is 1. The van der Waals surface area contributed by atoms with Crippen molar-refractivity contribution >= 4 is 16.0 Å². The Morgan fingerprint density at radius 2 is 2.20 bits per heavy atom. The summed E-state index contributed by atoms with van der Waals surface area (Å²) in [6.07, 6.45) is 2.11. The molecule has 0 saturated heterocycles. The van der Waals surface area contributed by atoms with Gasteiger partial charge in [0.25, 0.3) is 10.0 Å². The Morgan fingerprint density at radius 1 is 1.45 bits per heavy atom. The number of hydrogen-bond donors (Lipinski definition) is 2. The highest BCUT2D eigenvalue weighted by atomic mass is 32.2. The topological polar surface area (TPSA) is 98.2 Å². The largest absolute Gasteiger partial charge is 0.431 e. The van der Waals surface area contributed by atoms with E-state index in [-0.39, 0.29) is 17.0 Å². The minimum absolute atomic E-state index is 0.0484. The zero-order chi connectivity index (χ0) is 14.8. The second-order valence-electron chi connectivity index (χ2n) is 4.49. The van der Waals surface area contributed by atoms with Gasteiger partial charge in [0.1, 0.15) is 6.26 Å². The predicted molar refractivity (Wildman–Crippen MR) is 75.7 cm³/mol.